The fourth-order valence-corrected chi connectivity index (χ4v) is 3.71. The molecule has 0 unspecified atom stereocenters. The Morgan fingerprint density at radius 2 is 1.73 bits per heavy atom. The van der Waals surface area contributed by atoms with Crippen molar-refractivity contribution >= 4 is 11.7 Å². The number of piperidine rings is 1. The quantitative estimate of drug-likeness (QED) is 0.604. The molecule has 0 atom stereocenters. The van der Waals surface area contributed by atoms with Gasteiger partial charge in [0.15, 0.2) is 11.5 Å². The predicted molar refractivity (Wildman–Crippen MR) is 109 cm³/mol. The van der Waals surface area contributed by atoms with Crippen LogP contribution in [-0.2, 0) is 0 Å². The van der Waals surface area contributed by atoms with Crippen molar-refractivity contribution in [2.75, 3.05) is 20.2 Å². The Bertz CT molecular complexity index is 1050. The highest BCUT2D eigenvalue weighted by Gasteiger charge is 2.29. The molecule has 0 aliphatic carbocycles. The van der Waals surface area contributed by atoms with Crippen LogP contribution in [0.5, 0.6) is 5.75 Å². The van der Waals surface area contributed by atoms with Gasteiger partial charge in [0.1, 0.15) is 17.3 Å². The number of carbonyl (C=O) groups is 2. The van der Waals surface area contributed by atoms with Crippen molar-refractivity contribution < 1.29 is 18.7 Å². The van der Waals surface area contributed by atoms with Gasteiger partial charge in [-0.1, -0.05) is 12.1 Å². The van der Waals surface area contributed by atoms with E-state index in [0.29, 0.717) is 42.9 Å². The molecule has 4 rings (SSSR count). The van der Waals surface area contributed by atoms with Gasteiger partial charge in [0.25, 0.3) is 5.91 Å². The lowest BCUT2D eigenvalue weighted by molar-refractivity contribution is 0.0645. The monoisotopic (exact) mass is 407 g/mol. The largest absolute Gasteiger partial charge is 0.497 e. The van der Waals surface area contributed by atoms with Crippen LogP contribution < -0.4 is 4.74 Å². The van der Waals surface area contributed by atoms with Crippen LogP contribution in [0.25, 0.3) is 5.69 Å². The fraction of sp³-hybridized carbons (Fsp3) is 0.261. The Kier molecular flexibility index (Phi) is 5.61. The Balaban J connectivity index is 1.39. The van der Waals surface area contributed by atoms with E-state index in [2.05, 4.69) is 5.10 Å². The van der Waals surface area contributed by atoms with Crippen molar-refractivity contribution in [2.24, 2.45) is 5.92 Å². The van der Waals surface area contributed by atoms with Gasteiger partial charge in [-0.2, -0.15) is 5.10 Å². The summed E-state index contributed by atoms with van der Waals surface area (Å²) in [7, 11) is 1.59. The number of para-hydroxylation sites is 1. The first kappa shape index (κ1) is 19.8. The van der Waals surface area contributed by atoms with Gasteiger partial charge in [0, 0.05) is 30.8 Å². The zero-order chi connectivity index (χ0) is 21.1. The molecule has 154 valence electrons. The number of Topliss-reactive ketones (excluding diaryl/α,β-unsaturated/α-hetero) is 1. The van der Waals surface area contributed by atoms with E-state index in [0.717, 1.165) is 0 Å². The van der Waals surface area contributed by atoms with Gasteiger partial charge in [-0.15, -0.1) is 0 Å². The molecule has 1 fully saturated rings. The minimum Gasteiger partial charge on any atom is -0.497 e. The molecular formula is C23H22FN3O3. The zero-order valence-corrected chi connectivity index (χ0v) is 16.6. The van der Waals surface area contributed by atoms with Crippen molar-refractivity contribution in [3.63, 3.8) is 0 Å². The fourth-order valence-electron chi connectivity index (χ4n) is 3.71. The van der Waals surface area contributed by atoms with Crippen LogP contribution in [-0.4, -0.2) is 46.6 Å². The number of methoxy groups -OCH3 is 1. The lowest BCUT2D eigenvalue weighted by Crippen LogP contribution is -2.40. The summed E-state index contributed by atoms with van der Waals surface area (Å²) < 4.78 is 20.4. The zero-order valence-electron chi connectivity index (χ0n) is 16.6. The number of halogens is 1. The molecule has 2 heterocycles. The summed E-state index contributed by atoms with van der Waals surface area (Å²) in [5.74, 6) is 0.0756. The van der Waals surface area contributed by atoms with Crippen LogP contribution in [0.3, 0.4) is 0 Å². The van der Waals surface area contributed by atoms with E-state index in [1.807, 2.05) is 0 Å². The average molecular weight is 407 g/mol. The van der Waals surface area contributed by atoms with Gasteiger partial charge in [0.05, 0.1) is 7.11 Å². The minimum atomic E-state index is -0.405. The number of ketones is 1. The lowest BCUT2D eigenvalue weighted by atomic mass is 9.89. The van der Waals surface area contributed by atoms with Crippen molar-refractivity contribution in [1.29, 1.82) is 0 Å². The molecule has 0 spiro atoms. The second-order valence-electron chi connectivity index (χ2n) is 7.26. The van der Waals surface area contributed by atoms with E-state index in [9.17, 15) is 14.0 Å². The molecule has 1 saturated heterocycles. The summed E-state index contributed by atoms with van der Waals surface area (Å²) >= 11 is 0. The van der Waals surface area contributed by atoms with Crippen LogP contribution in [0.2, 0.25) is 0 Å². The first-order valence-corrected chi connectivity index (χ1v) is 9.85. The van der Waals surface area contributed by atoms with Crippen LogP contribution >= 0.6 is 0 Å². The molecular weight excluding hydrogens is 385 g/mol. The Hall–Kier alpha value is -3.48. The van der Waals surface area contributed by atoms with Crippen molar-refractivity contribution in [2.45, 2.75) is 12.8 Å². The molecule has 0 saturated carbocycles. The summed E-state index contributed by atoms with van der Waals surface area (Å²) in [6, 6.07) is 15.0. The van der Waals surface area contributed by atoms with Crippen LogP contribution in [0, 0.1) is 11.7 Å². The first-order valence-electron chi connectivity index (χ1n) is 9.85. The Morgan fingerprint density at radius 3 is 2.40 bits per heavy atom. The molecule has 1 amide bonds. The molecule has 1 aromatic heterocycles. The third-order valence-electron chi connectivity index (χ3n) is 5.43. The van der Waals surface area contributed by atoms with Crippen LogP contribution in [0.1, 0.15) is 33.7 Å². The molecule has 3 aromatic rings. The maximum atomic E-state index is 13.9. The van der Waals surface area contributed by atoms with E-state index in [1.54, 1.807) is 66.7 Å². The second kappa shape index (κ2) is 8.49. The maximum absolute atomic E-state index is 13.9. The van der Waals surface area contributed by atoms with Crippen molar-refractivity contribution in [3.8, 4) is 11.4 Å². The number of aromatic nitrogens is 2. The van der Waals surface area contributed by atoms with E-state index in [-0.39, 0.29) is 23.3 Å². The topological polar surface area (TPSA) is 64.4 Å². The number of rotatable bonds is 5. The van der Waals surface area contributed by atoms with Crippen LogP contribution in [0.15, 0.2) is 60.8 Å². The van der Waals surface area contributed by atoms with E-state index in [4.69, 9.17) is 4.74 Å². The predicted octanol–water partition coefficient (Wildman–Crippen LogP) is 3.76. The number of carbonyl (C=O) groups excluding carboxylic acids is 2. The summed E-state index contributed by atoms with van der Waals surface area (Å²) in [4.78, 5) is 27.2. The van der Waals surface area contributed by atoms with Gasteiger partial charge in [-0.3, -0.25) is 9.59 Å². The van der Waals surface area contributed by atoms with Crippen molar-refractivity contribution in [3.05, 3.63) is 77.9 Å². The van der Waals surface area contributed by atoms with Gasteiger partial charge < -0.3 is 9.64 Å². The second-order valence-corrected chi connectivity index (χ2v) is 7.26. The number of hydrogen-bond acceptors (Lipinski definition) is 4. The number of likely N-dealkylation sites (tertiary alicyclic amines) is 1. The molecule has 6 nitrogen and oxygen atoms in total. The Labute approximate surface area is 173 Å². The van der Waals surface area contributed by atoms with E-state index in [1.165, 1.54) is 10.7 Å². The van der Waals surface area contributed by atoms with Crippen molar-refractivity contribution in [1.82, 2.24) is 14.7 Å². The number of nitrogens with zero attached hydrogens (tertiary/aromatic N) is 3. The highest BCUT2D eigenvalue weighted by molar-refractivity contribution is 5.98. The van der Waals surface area contributed by atoms with Gasteiger partial charge in [-0.05, 0) is 55.3 Å². The maximum Gasteiger partial charge on any atom is 0.274 e. The van der Waals surface area contributed by atoms with Gasteiger partial charge in [0.2, 0.25) is 0 Å². The summed E-state index contributed by atoms with van der Waals surface area (Å²) in [6.07, 6.45) is 2.78. The average Bonchev–Trinajstić information content (AvgIpc) is 3.28. The SMILES string of the molecule is COc1ccc(C(=O)C2CCN(C(=O)c3ccn(-c4ccccc4F)n3)CC2)cc1. The summed E-state index contributed by atoms with van der Waals surface area (Å²) in [5, 5.41) is 4.24. The number of hydrogen-bond donors (Lipinski definition) is 0. The number of ether oxygens (including phenoxy) is 1. The standard InChI is InChI=1S/C23H22FN3O3/c1-30-18-8-6-16(7-9-18)22(28)17-10-13-26(14-11-17)23(29)20-12-15-27(25-20)21-5-3-2-4-19(21)24/h2-9,12,15,17H,10-11,13-14H2,1H3. The van der Waals surface area contributed by atoms with E-state index < -0.39 is 5.82 Å². The third kappa shape index (κ3) is 3.96. The molecule has 7 heteroatoms. The number of benzene rings is 2. The van der Waals surface area contributed by atoms with Crippen LogP contribution in [0.4, 0.5) is 4.39 Å². The minimum absolute atomic E-state index is 0.0913. The first-order chi connectivity index (χ1) is 14.6. The van der Waals surface area contributed by atoms with Gasteiger partial charge in [-0.25, -0.2) is 9.07 Å². The van der Waals surface area contributed by atoms with Gasteiger partial charge >= 0.3 is 0 Å². The normalized spacial score (nSPS) is 14.5. The smallest absolute Gasteiger partial charge is 0.274 e. The molecule has 1 aliphatic rings. The third-order valence-corrected chi connectivity index (χ3v) is 5.43. The highest BCUT2D eigenvalue weighted by Crippen LogP contribution is 2.24. The molecule has 2 aromatic carbocycles. The lowest BCUT2D eigenvalue weighted by Gasteiger charge is -2.30. The molecule has 1 aliphatic heterocycles. The molecule has 0 bridgehead atoms. The van der Waals surface area contributed by atoms with E-state index >= 15 is 0 Å². The Morgan fingerprint density at radius 1 is 1.03 bits per heavy atom. The summed E-state index contributed by atoms with van der Waals surface area (Å²) in [6.45, 7) is 0.968. The highest BCUT2D eigenvalue weighted by atomic mass is 19.1. The number of amides is 1. The molecule has 0 radical (unpaired) electrons. The molecule has 0 N–H and O–H groups in total. The summed E-state index contributed by atoms with van der Waals surface area (Å²) in [5.41, 5.74) is 1.21. The molecule has 30 heavy (non-hydrogen) atoms.